The Hall–Kier alpha value is -1.99. The maximum Gasteiger partial charge on any atom is 0.149 e. The number of ether oxygens (including phenoxy) is 1. The summed E-state index contributed by atoms with van der Waals surface area (Å²) in [4.78, 5) is 18.0. The van der Waals surface area contributed by atoms with Crippen LogP contribution >= 0.6 is 34.8 Å². The normalized spacial score (nSPS) is 13.6. The van der Waals surface area contributed by atoms with Crippen molar-refractivity contribution in [2.75, 3.05) is 31.2 Å². The van der Waals surface area contributed by atoms with E-state index in [1.54, 1.807) is 12.4 Å². The Kier molecular flexibility index (Phi) is 7.80. The van der Waals surface area contributed by atoms with Crippen LogP contribution in [0.2, 0.25) is 15.5 Å². The minimum atomic E-state index is 0.317. The van der Waals surface area contributed by atoms with Crippen molar-refractivity contribution in [2.24, 2.45) is 0 Å². The lowest BCUT2D eigenvalue weighted by Crippen LogP contribution is -2.36. The zero-order valence-corrected chi connectivity index (χ0v) is 17.2. The van der Waals surface area contributed by atoms with Crippen LogP contribution in [0.25, 0.3) is 0 Å². The van der Waals surface area contributed by atoms with Crippen molar-refractivity contribution in [3.63, 3.8) is 0 Å². The van der Waals surface area contributed by atoms with Gasteiger partial charge in [-0.05, 0) is 17.7 Å². The molecule has 0 amide bonds. The maximum atomic E-state index is 5.85. The molecule has 1 saturated heterocycles. The third-order valence-electron chi connectivity index (χ3n) is 3.93. The first-order valence-electron chi connectivity index (χ1n) is 8.61. The quantitative estimate of drug-likeness (QED) is 0.606. The fourth-order valence-corrected chi connectivity index (χ4v) is 3.14. The van der Waals surface area contributed by atoms with Crippen molar-refractivity contribution in [1.82, 2.24) is 19.9 Å². The third-order valence-corrected chi connectivity index (χ3v) is 4.47. The third kappa shape index (κ3) is 6.56. The Morgan fingerprint density at radius 3 is 1.89 bits per heavy atom. The van der Waals surface area contributed by atoms with E-state index in [0.29, 0.717) is 15.5 Å². The number of anilines is 1. The molecule has 0 radical (unpaired) electrons. The van der Waals surface area contributed by atoms with Crippen molar-refractivity contribution in [3.8, 4) is 0 Å². The highest BCUT2D eigenvalue weighted by atomic mass is 35.5. The van der Waals surface area contributed by atoms with Gasteiger partial charge in [0.1, 0.15) is 15.5 Å². The summed E-state index contributed by atoms with van der Waals surface area (Å²) in [6.45, 7) is 3.53. The van der Waals surface area contributed by atoms with E-state index < -0.39 is 0 Å². The molecule has 3 heterocycles. The number of morpholine rings is 1. The molecule has 6 nitrogen and oxygen atoms in total. The fourth-order valence-electron chi connectivity index (χ4n) is 2.64. The lowest BCUT2D eigenvalue weighted by molar-refractivity contribution is 0.122. The lowest BCUT2D eigenvalue weighted by Gasteiger charge is -2.28. The van der Waals surface area contributed by atoms with Crippen molar-refractivity contribution >= 4 is 40.5 Å². The number of nitrogens with zero attached hydrogens (tertiary/aromatic N) is 5. The van der Waals surface area contributed by atoms with E-state index in [-0.39, 0.29) is 0 Å². The topological polar surface area (TPSA) is 64.0 Å². The summed E-state index contributed by atoms with van der Waals surface area (Å²) in [5.74, 6) is 0. The Balaban J connectivity index is 0.000000236. The summed E-state index contributed by atoms with van der Waals surface area (Å²) in [7, 11) is 0. The number of halogens is 3. The number of benzene rings is 1. The van der Waals surface area contributed by atoms with Gasteiger partial charge >= 0.3 is 0 Å². The molecular weight excluding hydrogens is 421 g/mol. The van der Waals surface area contributed by atoms with Crippen LogP contribution in [0.3, 0.4) is 0 Å². The van der Waals surface area contributed by atoms with Gasteiger partial charge in [-0.25, -0.2) is 9.97 Å². The minimum Gasteiger partial charge on any atom is -0.378 e. The van der Waals surface area contributed by atoms with E-state index in [1.165, 1.54) is 23.6 Å². The van der Waals surface area contributed by atoms with Gasteiger partial charge in [-0.15, -0.1) is 0 Å². The second-order valence-electron chi connectivity index (χ2n) is 5.94. The molecule has 1 aliphatic heterocycles. The summed E-state index contributed by atoms with van der Waals surface area (Å²) in [6.07, 6.45) is 6.90. The Morgan fingerprint density at radius 2 is 1.36 bits per heavy atom. The first-order chi connectivity index (χ1) is 13.6. The fraction of sp³-hybridized carbons (Fsp3) is 0.263. The highest BCUT2D eigenvalue weighted by Gasteiger charge is 2.10. The van der Waals surface area contributed by atoms with Gasteiger partial charge < -0.3 is 9.64 Å². The maximum absolute atomic E-state index is 5.85. The SMILES string of the molecule is Clc1cncc(Cc2ccc(N3CCOCC3)cc2)n1.Clc1cncc(Cl)n1. The molecule has 0 bridgehead atoms. The highest BCUT2D eigenvalue weighted by Crippen LogP contribution is 2.18. The van der Waals surface area contributed by atoms with E-state index >= 15 is 0 Å². The molecular formula is C19H18Cl3N5O. The van der Waals surface area contributed by atoms with Gasteiger partial charge in [-0.2, -0.15) is 0 Å². The van der Waals surface area contributed by atoms with Gasteiger partial charge in [0.15, 0.2) is 0 Å². The molecule has 2 aromatic heterocycles. The van der Waals surface area contributed by atoms with E-state index in [9.17, 15) is 0 Å². The average Bonchev–Trinajstić information content (AvgIpc) is 2.70. The smallest absolute Gasteiger partial charge is 0.149 e. The first kappa shape index (κ1) is 20.7. The Labute approximate surface area is 178 Å². The van der Waals surface area contributed by atoms with Gasteiger partial charge in [-0.1, -0.05) is 46.9 Å². The van der Waals surface area contributed by atoms with Crippen LogP contribution in [0.4, 0.5) is 5.69 Å². The molecule has 0 atom stereocenters. The Bertz CT molecular complexity index is 871. The molecule has 3 aromatic rings. The number of rotatable bonds is 3. The number of hydrogen-bond acceptors (Lipinski definition) is 6. The van der Waals surface area contributed by atoms with Gasteiger partial charge in [0.05, 0.1) is 37.5 Å². The second-order valence-corrected chi connectivity index (χ2v) is 7.10. The average molecular weight is 439 g/mol. The molecule has 0 unspecified atom stereocenters. The van der Waals surface area contributed by atoms with Crippen molar-refractivity contribution < 1.29 is 4.74 Å². The molecule has 1 aromatic carbocycles. The molecule has 0 spiro atoms. The van der Waals surface area contributed by atoms with Crippen LogP contribution in [0.1, 0.15) is 11.3 Å². The standard InChI is InChI=1S/C15H16ClN3O.C4H2Cl2N2/c16-15-11-17-10-13(18-15)9-12-1-3-14(4-2-12)19-5-7-20-8-6-19;5-3-1-7-2-4(6)8-3/h1-4,10-11H,5-9H2;1-2H. The molecule has 0 N–H and O–H groups in total. The predicted molar refractivity (Wildman–Crippen MR) is 111 cm³/mol. The van der Waals surface area contributed by atoms with E-state index in [2.05, 4.69) is 49.1 Å². The molecule has 0 aliphatic carbocycles. The van der Waals surface area contributed by atoms with Crippen LogP contribution in [0.5, 0.6) is 0 Å². The van der Waals surface area contributed by atoms with Crippen molar-refractivity contribution in [1.29, 1.82) is 0 Å². The van der Waals surface area contributed by atoms with E-state index in [4.69, 9.17) is 39.5 Å². The lowest BCUT2D eigenvalue weighted by atomic mass is 10.1. The molecule has 1 aliphatic rings. The Morgan fingerprint density at radius 1 is 0.786 bits per heavy atom. The largest absolute Gasteiger partial charge is 0.378 e. The zero-order chi connectivity index (χ0) is 19.8. The number of hydrogen-bond donors (Lipinski definition) is 0. The van der Waals surface area contributed by atoms with E-state index in [0.717, 1.165) is 38.4 Å². The van der Waals surface area contributed by atoms with Crippen LogP contribution in [-0.2, 0) is 11.2 Å². The van der Waals surface area contributed by atoms with Crippen LogP contribution in [0.15, 0.2) is 49.1 Å². The van der Waals surface area contributed by atoms with Gasteiger partial charge in [-0.3, -0.25) is 9.97 Å². The van der Waals surface area contributed by atoms with Gasteiger partial charge in [0.25, 0.3) is 0 Å². The number of aromatic nitrogens is 4. The van der Waals surface area contributed by atoms with Crippen molar-refractivity contribution in [2.45, 2.75) is 6.42 Å². The first-order valence-corrected chi connectivity index (χ1v) is 9.74. The monoisotopic (exact) mass is 437 g/mol. The van der Waals surface area contributed by atoms with Crippen LogP contribution < -0.4 is 4.90 Å². The summed E-state index contributed by atoms with van der Waals surface area (Å²) in [5.41, 5.74) is 3.34. The molecule has 9 heteroatoms. The highest BCUT2D eigenvalue weighted by molar-refractivity contribution is 6.32. The van der Waals surface area contributed by atoms with Crippen molar-refractivity contribution in [3.05, 3.63) is 75.8 Å². The van der Waals surface area contributed by atoms with Crippen LogP contribution in [-0.4, -0.2) is 46.2 Å². The summed E-state index contributed by atoms with van der Waals surface area (Å²) < 4.78 is 5.37. The van der Waals surface area contributed by atoms with Gasteiger partial charge in [0.2, 0.25) is 0 Å². The molecule has 0 saturated carbocycles. The predicted octanol–water partition coefficient (Wildman–Crippen LogP) is 4.34. The molecule has 146 valence electrons. The summed E-state index contributed by atoms with van der Waals surface area (Å²) in [5, 5.41) is 1.07. The summed E-state index contributed by atoms with van der Waals surface area (Å²) >= 11 is 16.6. The van der Waals surface area contributed by atoms with Gasteiger partial charge in [0, 0.05) is 31.4 Å². The minimum absolute atomic E-state index is 0.317. The summed E-state index contributed by atoms with van der Waals surface area (Å²) in [6, 6.07) is 8.57. The van der Waals surface area contributed by atoms with E-state index in [1.807, 2.05) is 0 Å². The second kappa shape index (κ2) is 10.5. The molecule has 1 fully saturated rings. The molecule has 28 heavy (non-hydrogen) atoms. The zero-order valence-electron chi connectivity index (χ0n) is 14.9. The molecule has 4 rings (SSSR count). The van der Waals surface area contributed by atoms with Crippen LogP contribution in [0, 0.1) is 0 Å².